The minimum atomic E-state index is -3.51. The van der Waals surface area contributed by atoms with Crippen LogP contribution in [0.2, 0.25) is 0 Å². The summed E-state index contributed by atoms with van der Waals surface area (Å²) in [5.74, 6) is -0.858. The number of carbonyl (C=O) groups is 2. The lowest BCUT2D eigenvalue weighted by Crippen LogP contribution is -2.38. The molecule has 7 nitrogen and oxygen atoms in total. The number of sulfonamides is 1. The van der Waals surface area contributed by atoms with Crippen LogP contribution in [-0.4, -0.2) is 50.4 Å². The van der Waals surface area contributed by atoms with Crippen LogP contribution in [-0.2, 0) is 14.8 Å². The van der Waals surface area contributed by atoms with Crippen LogP contribution in [0.4, 0.5) is 0 Å². The topological polar surface area (TPSA) is 104 Å². The molecule has 1 aliphatic heterocycles. The molecule has 0 radical (unpaired) electrons. The van der Waals surface area contributed by atoms with E-state index in [-0.39, 0.29) is 23.1 Å². The Balaban J connectivity index is 2.00. The van der Waals surface area contributed by atoms with E-state index in [0.29, 0.717) is 31.5 Å². The van der Waals surface area contributed by atoms with E-state index in [2.05, 4.69) is 4.72 Å². The number of carboxylic acids is 1. The number of likely N-dealkylation sites (tertiary alicyclic amines) is 1. The zero-order chi connectivity index (χ0) is 17.0. The van der Waals surface area contributed by atoms with Gasteiger partial charge in [0.05, 0.1) is 4.90 Å². The van der Waals surface area contributed by atoms with E-state index in [4.69, 9.17) is 5.11 Å². The normalized spacial score (nSPS) is 16.3. The average molecular weight is 340 g/mol. The van der Waals surface area contributed by atoms with Crippen molar-refractivity contribution in [3.05, 3.63) is 29.8 Å². The Morgan fingerprint density at radius 1 is 1.22 bits per heavy atom. The predicted octanol–water partition coefficient (Wildman–Crippen LogP) is 0.922. The van der Waals surface area contributed by atoms with Gasteiger partial charge in [0.15, 0.2) is 0 Å². The first-order chi connectivity index (χ1) is 10.8. The van der Waals surface area contributed by atoms with Crippen molar-refractivity contribution in [3.8, 4) is 0 Å². The van der Waals surface area contributed by atoms with Crippen LogP contribution in [0.15, 0.2) is 29.2 Å². The van der Waals surface area contributed by atoms with Crippen molar-refractivity contribution in [2.45, 2.75) is 24.2 Å². The molecule has 1 aliphatic rings. The highest BCUT2D eigenvalue weighted by molar-refractivity contribution is 7.89. The van der Waals surface area contributed by atoms with Crippen LogP contribution in [0.5, 0.6) is 0 Å². The van der Waals surface area contributed by atoms with Crippen molar-refractivity contribution >= 4 is 21.9 Å². The van der Waals surface area contributed by atoms with Gasteiger partial charge in [-0.1, -0.05) is 0 Å². The Hall–Kier alpha value is -1.93. The minimum Gasteiger partial charge on any atom is -0.481 e. The second kappa shape index (κ2) is 7.10. The molecule has 126 valence electrons. The van der Waals surface area contributed by atoms with Gasteiger partial charge in [0.1, 0.15) is 0 Å². The number of benzene rings is 1. The lowest BCUT2D eigenvalue weighted by atomic mass is 9.93. The van der Waals surface area contributed by atoms with Crippen molar-refractivity contribution in [1.82, 2.24) is 9.62 Å². The lowest BCUT2D eigenvalue weighted by Gasteiger charge is -2.31. The maximum atomic E-state index is 12.4. The summed E-state index contributed by atoms with van der Waals surface area (Å²) in [6, 6.07) is 5.79. The highest BCUT2D eigenvalue weighted by Gasteiger charge is 2.25. The van der Waals surface area contributed by atoms with Crippen LogP contribution >= 0.6 is 0 Å². The van der Waals surface area contributed by atoms with Gasteiger partial charge in [-0.2, -0.15) is 0 Å². The molecule has 1 heterocycles. The van der Waals surface area contributed by atoms with Gasteiger partial charge in [-0.15, -0.1) is 0 Å². The van der Waals surface area contributed by atoms with Crippen molar-refractivity contribution in [2.24, 2.45) is 5.92 Å². The number of piperidine rings is 1. The summed E-state index contributed by atoms with van der Waals surface area (Å²) in [4.78, 5) is 24.9. The van der Waals surface area contributed by atoms with E-state index in [0.717, 1.165) is 0 Å². The average Bonchev–Trinajstić information content (AvgIpc) is 2.54. The summed E-state index contributed by atoms with van der Waals surface area (Å²) in [6.45, 7) is 1.04. The summed E-state index contributed by atoms with van der Waals surface area (Å²) >= 11 is 0. The number of hydrogen-bond acceptors (Lipinski definition) is 4. The summed E-state index contributed by atoms with van der Waals surface area (Å²) < 4.78 is 25.5. The van der Waals surface area contributed by atoms with Crippen LogP contribution in [0, 0.1) is 5.92 Å². The SMILES string of the molecule is CNS(=O)(=O)c1ccc(C(=O)N2CCC(CC(=O)O)CC2)cc1. The predicted molar refractivity (Wildman–Crippen MR) is 83.6 cm³/mol. The van der Waals surface area contributed by atoms with E-state index in [1.165, 1.54) is 31.3 Å². The first-order valence-electron chi connectivity index (χ1n) is 7.38. The molecule has 1 fully saturated rings. The number of amides is 1. The summed E-state index contributed by atoms with van der Waals surface area (Å²) in [5.41, 5.74) is 0.428. The third-order valence-electron chi connectivity index (χ3n) is 4.05. The first kappa shape index (κ1) is 17.4. The molecule has 8 heteroatoms. The third-order valence-corrected chi connectivity index (χ3v) is 5.48. The second-order valence-corrected chi connectivity index (χ2v) is 7.45. The molecule has 2 rings (SSSR count). The molecular weight excluding hydrogens is 320 g/mol. The van der Waals surface area contributed by atoms with Gasteiger partial charge in [-0.3, -0.25) is 9.59 Å². The molecule has 1 amide bonds. The van der Waals surface area contributed by atoms with Crippen molar-refractivity contribution in [1.29, 1.82) is 0 Å². The molecule has 1 aromatic rings. The van der Waals surface area contributed by atoms with Gasteiger partial charge in [-0.25, -0.2) is 13.1 Å². The highest BCUT2D eigenvalue weighted by Crippen LogP contribution is 2.22. The lowest BCUT2D eigenvalue weighted by molar-refractivity contribution is -0.138. The fourth-order valence-corrected chi connectivity index (χ4v) is 3.39. The van der Waals surface area contributed by atoms with Crippen LogP contribution in [0.1, 0.15) is 29.6 Å². The van der Waals surface area contributed by atoms with E-state index in [1.54, 1.807) is 4.90 Å². The monoisotopic (exact) mass is 340 g/mol. The Morgan fingerprint density at radius 2 is 1.78 bits per heavy atom. The summed E-state index contributed by atoms with van der Waals surface area (Å²) in [7, 11) is -2.19. The Labute approximate surface area is 135 Å². The number of nitrogens with one attached hydrogen (secondary N) is 1. The number of rotatable bonds is 5. The first-order valence-corrected chi connectivity index (χ1v) is 8.86. The number of hydrogen-bond donors (Lipinski definition) is 2. The molecule has 0 saturated carbocycles. The standard InChI is InChI=1S/C15H20N2O5S/c1-16-23(21,22)13-4-2-12(3-5-13)15(20)17-8-6-11(7-9-17)10-14(18)19/h2-5,11,16H,6-10H2,1H3,(H,18,19). The largest absolute Gasteiger partial charge is 0.481 e. The van der Waals surface area contributed by atoms with Crippen LogP contribution < -0.4 is 4.72 Å². The Morgan fingerprint density at radius 3 is 2.26 bits per heavy atom. The number of carbonyl (C=O) groups excluding carboxylic acids is 1. The third kappa shape index (κ3) is 4.29. The van der Waals surface area contributed by atoms with Gasteiger partial charge in [0.25, 0.3) is 5.91 Å². The smallest absolute Gasteiger partial charge is 0.303 e. The van der Waals surface area contributed by atoms with E-state index >= 15 is 0 Å². The molecule has 1 aromatic carbocycles. The summed E-state index contributed by atoms with van der Waals surface area (Å²) in [6.07, 6.45) is 1.48. The fraction of sp³-hybridized carbons (Fsp3) is 0.467. The molecule has 0 aromatic heterocycles. The molecule has 0 atom stereocenters. The van der Waals surface area contributed by atoms with Gasteiger partial charge in [-0.05, 0) is 50.1 Å². The Kier molecular flexibility index (Phi) is 5.38. The maximum absolute atomic E-state index is 12.4. The quantitative estimate of drug-likeness (QED) is 0.829. The molecule has 0 bridgehead atoms. The van der Waals surface area contributed by atoms with Gasteiger partial charge < -0.3 is 10.0 Å². The number of aliphatic carboxylic acids is 1. The zero-order valence-electron chi connectivity index (χ0n) is 12.9. The number of carboxylic acid groups (broad SMARTS) is 1. The van der Waals surface area contributed by atoms with Crippen molar-refractivity contribution in [3.63, 3.8) is 0 Å². The molecule has 2 N–H and O–H groups in total. The minimum absolute atomic E-state index is 0.108. The van der Waals surface area contributed by atoms with E-state index in [9.17, 15) is 18.0 Å². The van der Waals surface area contributed by atoms with Gasteiger partial charge in [0.2, 0.25) is 10.0 Å². The molecule has 0 unspecified atom stereocenters. The molecule has 0 aliphatic carbocycles. The van der Waals surface area contributed by atoms with Crippen LogP contribution in [0.25, 0.3) is 0 Å². The molecule has 23 heavy (non-hydrogen) atoms. The van der Waals surface area contributed by atoms with Crippen molar-refractivity contribution in [2.75, 3.05) is 20.1 Å². The molecular formula is C15H20N2O5S. The summed E-state index contributed by atoms with van der Waals surface area (Å²) in [5, 5.41) is 8.80. The van der Waals surface area contributed by atoms with Gasteiger partial charge in [0, 0.05) is 25.1 Å². The second-order valence-electron chi connectivity index (χ2n) is 5.57. The van der Waals surface area contributed by atoms with Crippen LogP contribution in [0.3, 0.4) is 0 Å². The maximum Gasteiger partial charge on any atom is 0.303 e. The van der Waals surface area contributed by atoms with Gasteiger partial charge >= 0.3 is 5.97 Å². The van der Waals surface area contributed by atoms with E-state index < -0.39 is 16.0 Å². The fourth-order valence-electron chi connectivity index (χ4n) is 2.66. The zero-order valence-corrected chi connectivity index (χ0v) is 13.7. The highest BCUT2D eigenvalue weighted by atomic mass is 32.2. The Bertz CT molecular complexity index is 676. The van der Waals surface area contributed by atoms with E-state index in [1.807, 2.05) is 0 Å². The number of nitrogens with zero attached hydrogens (tertiary/aromatic N) is 1. The molecule has 1 saturated heterocycles. The van der Waals surface area contributed by atoms with Crippen molar-refractivity contribution < 1.29 is 23.1 Å². The molecule has 0 spiro atoms.